The fraction of sp³-hybridized carbons (Fsp3) is 0.685. The van der Waals surface area contributed by atoms with Crippen LogP contribution in [0.2, 0.25) is 0 Å². The normalized spacial score (nSPS) is 14.9. The highest BCUT2D eigenvalue weighted by atomic mass is 31.2. The van der Waals surface area contributed by atoms with E-state index in [1.54, 1.807) is 0 Å². The maximum absolute atomic E-state index is 12.9. The largest absolute Gasteiger partial charge is 0.472 e. The van der Waals surface area contributed by atoms with E-state index in [-0.39, 0.29) is 19.3 Å². The molecule has 0 bridgehead atoms. The van der Waals surface area contributed by atoms with Crippen LogP contribution >= 0.6 is 15.6 Å². The maximum Gasteiger partial charge on any atom is 0.472 e. The minimum Gasteiger partial charge on any atom is -0.463 e. The molecule has 16 nitrogen and oxygen atoms in total. The summed E-state index contributed by atoms with van der Waals surface area (Å²) in [6, 6.07) is 0. The quantitative estimate of drug-likeness (QED) is 0.0146. The zero-order valence-corrected chi connectivity index (χ0v) is 58.3. The molecule has 0 amide bonds. The highest BCUT2D eigenvalue weighted by Crippen LogP contribution is 2.45. The second-order valence-corrected chi connectivity index (χ2v) is 25.8. The van der Waals surface area contributed by atoms with Gasteiger partial charge >= 0.3 is 33.6 Å². The van der Waals surface area contributed by atoms with Crippen molar-refractivity contribution >= 4 is 33.6 Å². The molecule has 0 aliphatic rings. The number of carbonyl (C=O) groups is 3. The van der Waals surface area contributed by atoms with Crippen LogP contribution < -0.4 is 0 Å². The van der Waals surface area contributed by atoms with Crippen molar-refractivity contribution in [2.75, 3.05) is 39.6 Å². The van der Waals surface area contributed by atoms with Gasteiger partial charge in [0.1, 0.15) is 25.4 Å². The van der Waals surface area contributed by atoms with E-state index in [1.165, 1.54) is 25.7 Å². The Kier molecular flexibility index (Phi) is 63.1. The first-order valence-electron chi connectivity index (χ1n) is 34.8. The number of allylic oxidation sites excluding steroid dienone is 20. The van der Waals surface area contributed by atoms with Crippen LogP contribution in [0.25, 0.3) is 0 Å². The van der Waals surface area contributed by atoms with Crippen LogP contribution in [0.4, 0.5) is 0 Å². The number of esters is 3. The second-order valence-electron chi connectivity index (χ2n) is 22.9. The monoisotopic (exact) mass is 1320 g/mol. The molecule has 0 saturated heterocycles. The molecule has 0 aromatic rings. The van der Waals surface area contributed by atoms with Crippen molar-refractivity contribution in [1.29, 1.82) is 0 Å². The third kappa shape index (κ3) is 67.2. The van der Waals surface area contributed by atoms with Crippen molar-refractivity contribution in [3.8, 4) is 0 Å². The van der Waals surface area contributed by atoms with Crippen molar-refractivity contribution < 1.29 is 75.8 Å². The average molecular weight is 1320 g/mol. The lowest BCUT2D eigenvalue weighted by atomic mass is 10.1. The summed E-state index contributed by atoms with van der Waals surface area (Å²) in [5.41, 5.74) is 0. The molecule has 91 heavy (non-hydrogen) atoms. The molecule has 18 heteroatoms. The molecule has 5 atom stereocenters. The molecule has 4 N–H and O–H groups in total. The van der Waals surface area contributed by atoms with Gasteiger partial charge in [-0.05, 0) is 128 Å². The molecule has 0 radical (unpaired) electrons. The molecule has 0 aliphatic carbocycles. The molecule has 0 heterocycles. The average Bonchev–Trinajstić information content (AvgIpc) is 3.74. The molecule has 522 valence electrons. The van der Waals surface area contributed by atoms with Gasteiger partial charge in [0.25, 0.3) is 0 Å². The van der Waals surface area contributed by atoms with Gasteiger partial charge in [0.2, 0.25) is 0 Å². The lowest BCUT2D eigenvalue weighted by molar-refractivity contribution is -0.161. The van der Waals surface area contributed by atoms with Gasteiger partial charge in [0.05, 0.1) is 26.4 Å². The van der Waals surface area contributed by atoms with Crippen LogP contribution in [0.1, 0.15) is 265 Å². The van der Waals surface area contributed by atoms with Gasteiger partial charge in [-0.15, -0.1) is 0 Å². The van der Waals surface area contributed by atoms with Crippen molar-refractivity contribution in [2.45, 2.75) is 283 Å². The van der Waals surface area contributed by atoms with Gasteiger partial charge in [0, 0.05) is 19.3 Å². The van der Waals surface area contributed by atoms with E-state index in [4.69, 9.17) is 32.3 Å². The Balaban J connectivity index is 4.63. The molecular weight excluding hydrogens is 1190 g/mol. The van der Waals surface area contributed by atoms with E-state index in [2.05, 4.69) is 142 Å². The minimum absolute atomic E-state index is 0.0817. The van der Waals surface area contributed by atoms with Gasteiger partial charge in [-0.1, -0.05) is 239 Å². The Bertz CT molecular complexity index is 2140. The molecule has 0 aliphatic heterocycles. The molecule has 0 saturated carbocycles. The van der Waals surface area contributed by atoms with Gasteiger partial charge < -0.3 is 34.2 Å². The van der Waals surface area contributed by atoms with Crippen LogP contribution in [0, 0.1) is 0 Å². The highest BCUT2D eigenvalue weighted by molar-refractivity contribution is 7.47. The smallest absolute Gasteiger partial charge is 0.463 e. The number of ether oxygens (including phenoxy) is 3. The van der Waals surface area contributed by atoms with Crippen molar-refractivity contribution in [3.05, 3.63) is 122 Å². The summed E-state index contributed by atoms with van der Waals surface area (Å²) in [5.74, 6) is -1.62. The summed E-state index contributed by atoms with van der Waals surface area (Å²) in [6.45, 7) is 2.41. The van der Waals surface area contributed by atoms with Crippen LogP contribution in [0.15, 0.2) is 122 Å². The van der Waals surface area contributed by atoms with Crippen LogP contribution in [0.3, 0.4) is 0 Å². The Morgan fingerprint density at radius 2 is 0.604 bits per heavy atom. The van der Waals surface area contributed by atoms with Gasteiger partial charge in [-0.2, -0.15) is 0 Å². The van der Waals surface area contributed by atoms with E-state index in [1.807, 2.05) is 0 Å². The third-order valence-electron chi connectivity index (χ3n) is 14.1. The van der Waals surface area contributed by atoms with Gasteiger partial charge in [-0.3, -0.25) is 32.5 Å². The number of unbranched alkanes of at least 4 members (excludes halogenated alkanes) is 22. The lowest BCUT2D eigenvalue weighted by Crippen LogP contribution is -2.30. The zero-order chi connectivity index (χ0) is 66.7. The number of phosphoric ester groups is 2. The van der Waals surface area contributed by atoms with Crippen molar-refractivity contribution in [1.82, 2.24) is 0 Å². The second kappa shape index (κ2) is 66.0. The summed E-state index contributed by atoms with van der Waals surface area (Å²) in [7, 11) is -9.79. The van der Waals surface area contributed by atoms with Gasteiger partial charge in [0.15, 0.2) is 6.10 Å². The first-order chi connectivity index (χ1) is 44.2. The van der Waals surface area contributed by atoms with Crippen molar-refractivity contribution in [3.63, 3.8) is 0 Å². The number of hydrogen-bond donors (Lipinski definition) is 4. The molecule has 0 spiro atoms. The SMILES string of the molecule is CC/C=C\C/C=C\C/C=C\C/C=C\CCCCCCCCC(=O)OCC(COP(=O)(O)OCC(O)COP(=O)(O)OCC(O)COC(=O)CCCCCCCCC/C=C\C/C=C\C/C=C\C/C=C\CCCCC)OC(=O)CCCCCCC/C=C\C/C=C\CCC. The van der Waals surface area contributed by atoms with E-state index in [0.29, 0.717) is 19.3 Å². The molecule has 0 aromatic carbocycles. The third-order valence-corrected chi connectivity index (χ3v) is 16.0. The standard InChI is InChI=1S/C73H124O16P2/c1-4-7-10-13-16-19-22-25-27-29-31-32-33-34-36-38-39-42-44-47-50-53-56-59-71(76)83-62-68(74)63-85-90(79,80)86-64-69(75)65-87-91(81,82)88-67-70(89-73(78)61-58-55-52-49-46-41-24-21-18-15-12-9-6-3)66-84-72(77)60-57-54-51-48-45-43-40-37-35-30-28-26-23-20-17-14-11-8-5-2/h8,11-12,15-17,19-21,24-28,31-32,34-37,68-70,74-75H,4-7,9-10,13-14,18,22-23,29-30,33,38-67H2,1-3H3,(H,79,80)(H,81,82)/b11-8-,15-12-,19-16-,20-17-,24-21-,27-25-,28-26-,32-31-,36-34-,37-35-. The molecule has 0 rings (SSSR count). The number of aliphatic hydroxyl groups excluding tert-OH is 2. The Labute approximate surface area is 551 Å². The topological polar surface area (TPSA) is 231 Å². The summed E-state index contributed by atoms with van der Waals surface area (Å²) in [4.78, 5) is 58.4. The number of aliphatic hydroxyl groups is 2. The zero-order valence-electron chi connectivity index (χ0n) is 56.5. The molecular formula is C73H124O16P2. The van der Waals surface area contributed by atoms with E-state index < -0.39 is 91.5 Å². The number of phosphoric acid groups is 2. The maximum atomic E-state index is 12.9. The van der Waals surface area contributed by atoms with Crippen LogP contribution in [0.5, 0.6) is 0 Å². The highest BCUT2D eigenvalue weighted by Gasteiger charge is 2.29. The number of carbonyl (C=O) groups excluding carboxylic acids is 3. The first kappa shape index (κ1) is 87.0. The first-order valence-corrected chi connectivity index (χ1v) is 37.8. The molecule has 0 fully saturated rings. The van der Waals surface area contributed by atoms with Crippen LogP contribution in [-0.4, -0.2) is 95.9 Å². The summed E-state index contributed by atoms with van der Waals surface area (Å²) >= 11 is 0. The van der Waals surface area contributed by atoms with Crippen LogP contribution in [-0.2, 0) is 55.8 Å². The Morgan fingerprint density at radius 1 is 0.319 bits per heavy atom. The van der Waals surface area contributed by atoms with Gasteiger partial charge in [-0.25, -0.2) is 9.13 Å². The number of rotatable bonds is 65. The summed E-state index contributed by atoms with van der Waals surface area (Å²) in [6.07, 6.45) is 75.3. The van der Waals surface area contributed by atoms with Crippen molar-refractivity contribution in [2.24, 2.45) is 0 Å². The summed E-state index contributed by atoms with van der Waals surface area (Å²) < 4.78 is 60.9. The predicted octanol–water partition coefficient (Wildman–Crippen LogP) is 19.4. The van der Waals surface area contributed by atoms with E-state index in [0.717, 1.165) is 180 Å². The van der Waals surface area contributed by atoms with E-state index in [9.17, 15) is 43.5 Å². The predicted molar refractivity (Wildman–Crippen MR) is 371 cm³/mol. The fourth-order valence-electron chi connectivity index (χ4n) is 8.82. The fourth-order valence-corrected chi connectivity index (χ4v) is 10.4. The summed E-state index contributed by atoms with van der Waals surface area (Å²) in [5, 5.41) is 20.6. The number of hydrogen-bond acceptors (Lipinski definition) is 14. The molecule has 5 unspecified atom stereocenters. The minimum atomic E-state index is -4.93. The van der Waals surface area contributed by atoms with E-state index >= 15 is 0 Å². The Hall–Kier alpha value is -4.05. The molecule has 0 aromatic heterocycles. The Morgan fingerprint density at radius 3 is 0.967 bits per heavy atom. The lowest BCUT2D eigenvalue weighted by Gasteiger charge is -2.21.